The molecule has 0 saturated heterocycles. The first kappa shape index (κ1) is 13.0. The molecule has 4 nitrogen and oxygen atoms in total. The Morgan fingerprint density at radius 3 is 3.00 bits per heavy atom. The van der Waals surface area contributed by atoms with Crippen LogP contribution in [0.15, 0.2) is 24.3 Å². The maximum absolute atomic E-state index is 12.1. The second kappa shape index (κ2) is 5.49. The molecule has 0 fully saturated rings. The lowest BCUT2D eigenvalue weighted by Crippen LogP contribution is -2.34. The Bertz CT molecular complexity index is 636. The molecule has 0 saturated carbocycles. The quantitative estimate of drug-likeness (QED) is 0.579. The highest BCUT2D eigenvalue weighted by Crippen LogP contribution is 2.21. The molecule has 0 bridgehead atoms. The minimum absolute atomic E-state index is 0.00117. The SMILES string of the molecule is C#CCC(CC)NC(=O)c1cc2cccc(N)c2[nH]1. The van der Waals surface area contributed by atoms with E-state index in [2.05, 4.69) is 16.2 Å². The first-order valence-corrected chi connectivity index (χ1v) is 6.27. The van der Waals surface area contributed by atoms with E-state index in [0.717, 1.165) is 17.3 Å². The number of rotatable bonds is 4. The van der Waals surface area contributed by atoms with E-state index >= 15 is 0 Å². The number of hydrogen-bond acceptors (Lipinski definition) is 2. The standard InChI is InChI=1S/C15H17N3O/c1-3-6-11(4-2)17-15(19)13-9-10-7-5-8-12(16)14(10)18-13/h1,5,7-9,11,18H,4,6,16H2,2H3,(H,17,19). The molecule has 0 aliphatic heterocycles. The number of carbonyl (C=O) groups excluding carboxylic acids is 1. The summed E-state index contributed by atoms with van der Waals surface area (Å²) in [6.07, 6.45) is 6.61. The van der Waals surface area contributed by atoms with Crippen molar-refractivity contribution in [1.29, 1.82) is 0 Å². The van der Waals surface area contributed by atoms with Crippen molar-refractivity contribution in [3.63, 3.8) is 0 Å². The van der Waals surface area contributed by atoms with Crippen LogP contribution in [0.3, 0.4) is 0 Å². The van der Waals surface area contributed by atoms with Gasteiger partial charge >= 0.3 is 0 Å². The number of aromatic amines is 1. The number of nitrogen functional groups attached to an aromatic ring is 1. The Morgan fingerprint density at radius 1 is 1.58 bits per heavy atom. The van der Waals surface area contributed by atoms with E-state index in [1.54, 1.807) is 12.1 Å². The van der Waals surface area contributed by atoms with Crippen molar-refractivity contribution in [3.05, 3.63) is 30.0 Å². The number of H-pyrrole nitrogens is 1. The number of carbonyl (C=O) groups is 1. The molecule has 1 unspecified atom stereocenters. The zero-order chi connectivity index (χ0) is 13.8. The maximum atomic E-state index is 12.1. The lowest BCUT2D eigenvalue weighted by Gasteiger charge is -2.13. The fourth-order valence-electron chi connectivity index (χ4n) is 2.00. The zero-order valence-corrected chi connectivity index (χ0v) is 10.9. The van der Waals surface area contributed by atoms with Crippen molar-refractivity contribution in [2.24, 2.45) is 0 Å². The highest BCUT2D eigenvalue weighted by atomic mass is 16.1. The number of nitrogens with one attached hydrogen (secondary N) is 2. The van der Waals surface area contributed by atoms with Gasteiger partial charge in [0.15, 0.2) is 0 Å². The minimum atomic E-state index is -0.155. The topological polar surface area (TPSA) is 70.9 Å². The molecular weight excluding hydrogens is 238 g/mol. The van der Waals surface area contributed by atoms with Crippen LogP contribution in [0.1, 0.15) is 30.3 Å². The Hall–Kier alpha value is -2.41. The number of para-hydroxylation sites is 1. The van der Waals surface area contributed by atoms with Gasteiger partial charge in [-0.25, -0.2) is 0 Å². The highest BCUT2D eigenvalue weighted by Gasteiger charge is 2.14. The van der Waals surface area contributed by atoms with Crippen LogP contribution in [0.4, 0.5) is 5.69 Å². The molecule has 1 atom stereocenters. The lowest BCUT2D eigenvalue weighted by molar-refractivity contribution is 0.0932. The molecule has 19 heavy (non-hydrogen) atoms. The molecule has 0 spiro atoms. The molecular formula is C15H17N3O. The van der Waals surface area contributed by atoms with Crippen LogP contribution >= 0.6 is 0 Å². The molecule has 1 aromatic carbocycles. The number of aromatic nitrogens is 1. The van der Waals surface area contributed by atoms with E-state index in [9.17, 15) is 4.79 Å². The summed E-state index contributed by atoms with van der Waals surface area (Å²) >= 11 is 0. The number of hydrogen-bond donors (Lipinski definition) is 3. The van der Waals surface area contributed by atoms with Crippen LogP contribution < -0.4 is 11.1 Å². The highest BCUT2D eigenvalue weighted by molar-refractivity contribution is 6.00. The van der Waals surface area contributed by atoms with Gasteiger partial charge in [0.2, 0.25) is 0 Å². The van der Waals surface area contributed by atoms with Crippen molar-refractivity contribution in [2.45, 2.75) is 25.8 Å². The number of fused-ring (bicyclic) bond motifs is 1. The van der Waals surface area contributed by atoms with Gasteiger partial charge in [0.05, 0.1) is 11.2 Å². The van der Waals surface area contributed by atoms with Gasteiger partial charge in [-0.15, -0.1) is 12.3 Å². The van der Waals surface area contributed by atoms with Crippen LogP contribution in [0.5, 0.6) is 0 Å². The van der Waals surface area contributed by atoms with Crippen molar-refractivity contribution in [1.82, 2.24) is 10.3 Å². The number of terminal acetylenes is 1. The predicted octanol–water partition coefficient (Wildman–Crippen LogP) is 2.28. The van der Waals surface area contributed by atoms with E-state index in [1.165, 1.54) is 0 Å². The maximum Gasteiger partial charge on any atom is 0.267 e. The molecule has 4 heteroatoms. The molecule has 2 aromatic rings. The van der Waals surface area contributed by atoms with Gasteiger partial charge in [-0.3, -0.25) is 4.79 Å². The van der Waals surface area contributed by atoms with Crippen LogP contribution in [0.2, 0.25) is 0 Å². The van der Waals surface area contributed by atoms with Crippen LogP contribution in [-0.2, 0) is 0 Å². The smallest absolute Gasteiger partial charge is 0.267 e. The summed E-state index contributed by atoms with van der Waals surface area (Å²) in [6.45, 7) is 1.99. The van der Waals surface area contributed by atoms with Crippen LogP contribution in [0, 0.1) is 12.3 Å². The summed E-state index contributed by atoms with van der Waals surface area (Å²) in [5, 5.41) is 3.84. The Balaban J connectivity index is 2.22. The molecule has 2 rings (SSSR count). The predicted molar refractivity (Wildman–Crippen MR) is 77.7 cm³/mol. The van der Waals surface area contributed by atoms with Gasteiger partial charge in [0.25, 0.3) is 5.91 Å². The first-order valence-electron chi connectivity index (χ1n) is 6.27. The normalized spacial score (nSPS) is 12.0. The monoisotopic (exact) mass is 255 g/mol. The number of benzene rings is 1. The average Bonchev–Trinajstić information content (AvgIpc) is 2.83. The lowest BCUT2D eigenvalue weighted by atomic mass is 10.1. The number of anilines is 1. The van der Waals surface area contributed by atoms with Crippen molar-refractivity contribution >= 4 is 22.5 Å². The summed E-state index contributed by atoms with van der Waals surface area (Å²) in [7, 11) is 0. The van der Waals surface area contributed by atoms with E-state index in [1.807, 2.05) is 19.1 Å². The van der Waals surface area contributed by atoms with Crippen molar-refractivity contribution < 1.29 is 4.79 Å². The second-order valence-corrected chi connectivity index (χ2v) is 4.48. The summed E-state index contributed by atoms with van der Waals surface area (Å²) < 4.78 is 0. The molecule has 1 heterocycles. The van der Waals surface area contributed by atoms with Crippen molar-refractivity contribution in [2.75, 3.05) is 5.73 Å². The van der Waals surface area contributed by atoms with Gasteiger partial charge in [0, 0.05) is 17.8 Å². The average molecular weight is 255 g/mol. The molecule has 0 aliphatic carbocycles. The van der Waals surface area contributed by atoms with Crippen molar-refractivity contribution in [3.8, 4) is 12.3 Å². The number of nitrogens with two attached hydrogens (primary N) is 1. The molecule has 98 valence electrons. The second-order valence-electron chi connectivity index (χ2n) is 4.48. The summed E-state index contributed by atoms with van der Waals surface area (Å²) in [6, 6.07) is 7.37. The Morgan fingerprint density at radius 2 is 2.37 bits per heavy atom. The summed E-state index contributed by atoms with van der Waals surface area (Å²) in [5.74, 6) is 2.41. The van der Waals surface area contributed by atoms with E-state index in [4.69, 9.17) is 12.2 Å². The van der Waals surface area contributed by atoms with Gasteiger partial charge in [0.1, 0.15) is 5.69 Å². The largest absolute Gasteiger partial charge is 0.397 e. The fourth-order valence-corrected chi connectivity index (χ4v) is 2.00. The van der Waals surface area contributed by atoms with Gasteiger partial charge in [-0.2, -0.15) is 0 Å². The Kier molecular flexibility index (Phi) is 3.76. The van der Waals surface area contributed by atoms with Crippen LogP contribution in [0.25, 0.3) is 10.9 Å². The third-order valence-electron chi connectivity index (χ3n) is 3.13. The minimum Gasteiger partial charge on any atom is -0.397 e. The van der Waals surface area contributed by atoms with Gasteiger partial charge < -0.3 is 16.0 Å². The molecule has 1 amide bonds. The van der Waals surface area contributed by atoms with Crippen LogP contribution in [-0.4, -0.2) is 16.9 Å². The molecule has 4 N–H and O–H groups in total. The molecule has 1 aromatic heterocycles. The zero-order valence-electron chi connectivity index (χ0n) is 10.9. The van der Waals surface area contributed by atoms with E-state index < -0.39 is 0 Å². The summed E-state index contributed by atoms with van der Waals surface area (Å²) in [4.78, 5) is 15.2. The third kappa shape index (κ3) is 2.71. The van der Waals surface area contributed by atoms with E-state index in [-0.39, 0.29) is 11.9 Å². The number of amides is 1. The van der Waals surface area contributed by atoms with Gasteiger partial charge in [-0.1, -0.05) is 19.1 Å². The van der Waals surface area contributed by atoms with E-state index in [0.29, 0.717) is 17.8 Å². The molecule has 0 radical (unpaired) electrons. The summed E-state index contributed by atoms with van der Waals surface area (Å²) in [5.41, 5.74) is 7.78. The molecule has 0 aliphatic rings. The third-order valence-corrected chi connectivity index (χ3v) is 3.13. The fraction of sp³-hybridized carbons (Fsp3) is 0.267. The Labute approximate surface area is 112 Å². The first-order chi connectivity index (χ1) is 9.15. The van der Waals surface area contributed by atoms with Gasteiger partial charge in [-0.05, 0) is 18.6 Å².